The van der Waals surface area contributed by atoms with Crippen LogP contribution >= 0.6 is 0 Å². The first-order valence-electron chi connectivity index (χ1n) is 11.5. The van der Waals surface area contributed by atoms with Crippen LogP contribution in [0.5, 0.6) is 17.4 Å². The van der Waals surface area contributed by atoms with E-state index in [4.69, 9.17) is 14.1 Å². The second kappa shape index (κ2) is 10.3. The van der Waals surface area contributed by atoms with Gasteiger partial charge in [-0.1, -0.05) is 40.6 Å². The summed E-state index contributed by atoms with van der Waals surface area (Å²) in [4.78, 5) is 24.4. The van der Waals surface area contributed by atoms with Crippen molar-refractivity contribution in [3.8, 4) is 17.4 Å². The van der Waals surface area contributed by atoms with Crippen molar-refractivity contribution in [2.24, 2.45) is 0 Å². The molecule has 2 aromatic heterocycles. The van der Waals surface area contributed by atoms with Gasteiger partial charge in [0, 0.05) is 31.4 Å². The lowest BCUT2D eigenvalue weighted by Crippen LogP contribution is -2.39. The summed E-state index contributed by atoms with van der Waals surface area (Å²) in [7, 11) is 0. The summed E-state index contributed by atoms with van der Waals surface area (Å²) < 4.78 is 16.7. The molecule has 1 aliphatic rings. The third-order valence-electron chi connectivity index (χ3n) is 5.97. The Bertz CT molecular complexity index is 1290. The van der Waals surface area contributed by atoms with Gasteiger partial charge in [-0.2, -0.15) is 0 Å². The Hall–Kier alpha value is -4.27. The number of aryl methyl sites for hydroxylation is 1. The normalized spacial score (nSPS) is 15.6. The number of hydrogen-bond acceptors (Lipinski definition) is 8. The summed E-state index contributed by atoms with van der Waals surface area (Å²) >= 11 is 0. The van der Waals surface area contributed by atoms with Crippen molar-refractivity contribution in [2.45, 2.75) is 32.3 Å². The summed E-state index contributed by atoms with van der Waals surface area (Å²) in [6.45, 7) is 3.14. The Morgan fingerprint density at radius 3 is 2.69 bits per heavy atom. The van der Waals surface area contributed by atoms with Crippen molar-refractivity contribution in [1.29, 1.82) is 0 Å². The third-order valence-corrected chi connectivity index (χ3v) is 5.97. The smallest absolute Gasteiger partial charge is 0.257 e. The molecule has 1 amide bonds. The van der Waals surface area contributed by atoms with Gasteiger partial charge in [0.1, 0.15) is 35.2 Å². The Morgan fingerprint density at radius 1 is 1.06 bits per heavy atom. The molecule has 1 saturated heterocycles. The van der Waals surface area contributed by atoms with Gasteiger partial charge < -0.3 is 14.4 Å². The lowest BCUT2D eigenvalue weighted by molar-refractivity contribution is 0.0699. The van der Waals surface area contributed by atoms with Crippen molar-refractivity contribution in [2.75, 3.05) is 13.1 Å². The van der Waals surface area contributed by atoms with Gasteiger partial charge in [0.25, 0.3) is 5.91 Å². The zero-order chi connectivity index (χ0) is 24.0. The van der Waals surface area contributed by atoms with E-state index >= 15 is 0 Å². The Balaban J connectivity index is 1.32. The van der Waals surface area contributed by atoms with Gasteiger partial charge in [-0.3, -0.25) is 9.78 Å². The molecule has 1 atom stereocenters. The van der Waals surface area contributed by atoms with Crippen LogP contribution in [0, 0.1) is 6.92 Å². The summed E-state index contributed by atoms with van der Waals surface area (Å²) in [5.74, 6) is 1.58. The number of para-hydroxylation sites is 2. The fraction of sp³-hybridized carbons (Fsp3) is 0.269. The minimum absolute atomic E-state index is 0.0112. The number of ether oxygens (including phenoxy) is 2. The van der Waals surface area contributed by atoms with Gasteiger partial charge >= 0.3 is 0 Å². The quantitative estimate of drug-likeness (QED) is 0.386. The monoisotopic (exact) mass is 471 g/mol. The maximum Gasteiger partial charge on any atom is 0.257 e. The van der Waals surface area contributed by atoms with Crippen LogP contribution in [0.2, 0.25) is 0 Å². The van der Waals surface area contributed by atoms with Crippen LogP contribution in [0.15, 0.2) is 71.6 Å². The molecular formula is C26H25N5O4. The van der Waals surface area contributed by atoms with E-state index in [1.54, 1.807) is 31.5 Å². The lowest BCUT2D eigenvalue weighted by atomic mass is 9.94. The van der Waals surface area contributed by atoms with Crippen molar-refractivity contribution >= 4 is 5.91 Å². The molecule has 178 valence electrons. The van der Waals surface area contributed by atoms with Crippen molar-refractivity contribution < 1.29 is 18.9 Å². The average molecular weight is 472 g/mol. The molecule has 5 rings (SSSR count). The number of carbonyl (C=O) groups is 1. The third kappa shape index (κ3) is 5.13. The van der Waals surface area contributed by atoms with Gasteiger partial charge in [0.05, 0.1) is 5.56 Å². The molecule has 4 aromatic rings. The second-order valence-corrected chi connectivity index (χ2v) is 8.33. The minimum Gasteiger partial charge on any atom is -0.486 e. The van der Waals surface area contributed by atoms with Crippen LogP contribution in [0.25, 0.3) is 0 Å². The first kappa shape index (κ1) is 22.5. The molecule has 0 unspecified atom stereocenters. The molecule has 2 aromatic carbocycles. The standard InChI is InChI=1S/C26H25N5O4/c1-18-22(30-35-29-18)17-33-23-12-6-5-11-21(23)26(32)31-15-7-8-19(16-31)24-25(28-14-13-27-24)34-20-9-3-2-4-10-20/h2-6,9-14,19H,7-8,15-17H2,1H3/t19-/m1/s1. The summed E-state index contributed by atoms with van der Waals surface area (Å²) in [6.07, 6.45) is 5.03. The molecule has 9 nitrogen and oxygen atoms in total. The highest BCUT2D eigenvalue weighted by Gasteiger charge is 2.30. The molecule has 0 spiro atoms. The summed E-state index contributed by atoms with van der Waals surface area (Å²) in [5, 5.41) is 7.61. The van der Waals surface area contributed by atoms with Gasteiger partial charge in [-0.25, -0.2) is 9.61 Å². The number of hydrogen-bond donors (Lipinski definition) is 0. The molecule has 1 fully saturated rings. The van der Waals surface area contributed by atoms with E-state index in [0.29, 0.717) is 47.4 Å². The topological polar surface area (TPSA) is 103 Å². The van der Waals surface area contributed by atoms with E-state index in [-0.39, 0.29) is 18.4 Å². The number of nitrogens with zero attached hydrogens (tertiary/aromatic N) is 5. The number of piperidine rings is 1. The van der Waals surface area contributed by atoms with Crippen LogP contribution in [0.4, 0.5) is 0 Å². The number of carbonyl (C=O) groups excluding carboxylic acids is 1. The van der Waals surface area contributed by atoms with Crippen molar-refractivity contribution in [3.63, 3.8) is 0 Å². The average Bonchev–Trinajstić information content (AvgIpc) is 3.32. The lowest BCUT2D eigenvalue weighted by Gasteiger charge is -2.33. The zero-order valence-electron chi connectivity index (χ0n) is 19.3. The first-order valence-corrected chi connectivity index (χ1v) is 11.5. The zero-order valence-corrected chi connectivity index (χ0v) is 19.3. The van der Waals surface area contributed by atoms with Crippen molar-refractivity contribution in [3.05, 3.63) is 89.6 Å². The van der Waals surface area contributed by atoms with Gasteiger partial charge in [-0.05, 0) is 44.0 Å². The molecule has 3 heterocycles. The number of likely N-dealkylation sites (tertiary alicyclic amines) is 1. The molecule has 0 N–H and O–H groups in total. The van der Waals surface area contributed by atoms with Gasteiger partial charge in [0.15, 0.2) is 0 Å². The highest BCUT2D eigenvalue weighted by molar-refractivity contribution is 5.97. The fourth-order valence-corrected chi connectivity index (χ4v) is 4.15. The van der Waals surface area contributed by atoms with Crippen LogP contribution in [0.1, 0.15) is 46.2 Å². The van der Waals surface area contributed by atoms with Gasteiger partial charge in [-0.15, -0.1) is 0 Å². The summed E-state index contributed by atoms with van der Waals surface area (Å²) in [6, 6.07) is 16.7. The van der Waals surface area contributed by atoms with Crippen LogP contribution < -0.4 is 9.47 Å². The Kier molecular flexibility index (Phi) is 6.65. The largest absolute Gasteiger partial charge is 0.486 e. The molecular weight excluding hydrogens is 446 g/mol. The van der Waals surface area contributed by atoms with E-state index in [9.17, 15) is 4.79 Å². The minimum atomic E-state index is -0.0882. The maximum absolute atomic E-state index is 13.5. The predicted molar refractivity (Wildman–Crippen MR) is 126 cm³/mol. The molecule has 0 saturated carbocycles. The van der Waals surface area contributed by atoms with Crippen LogP contribution in [0.3, 0.4) is 0 Å². The van der Waals surface area contributed by atoms with E-state index < -0.39 is 0 Å². The molecule has 1 aliphatic heterocycles. The highest BCUT2D eigenvalue weighted by Crippen LogP contribution is 2.33. The van der Waals surface area contributed by atoms with E-state index in [0.717, 1.165) is 18.5 Å². The van der Waals surface area contributed by atoms with Crippen LogP contribution in [-0.4, -0.2) is 44.2 Å². The highest BCUT2D eigenvalue weighted by atomic mass is 16.6. The number of benzene rings is 2. The maximum atomic E-state index is 13.5. The second-order valence-electron chi connectivity index (χ2n) is 8.33. The molecule has 9 heteroatoms. The number of amides is 1. The first-order chi connectivity index (χ1) is 17.2. The molecule has 0 radical (unpaired) electrons. The number of rotatable bonds is 7. The fourth-order valence-electron chi connectivity index (χ4n) is 4.15. The van der Waals surface area contributed by atoms with E-state index in [2.05, 4.69) is 20.3 Å². The van der Waals surface area contributed by atoms with E-state index in [1.807, 2.05) is 47.4 Å². The molecule has 0 bridgehead atoms. The Labute approximate surface area is 202 Å². The van der Waals surface area contributed by atoms with Crippen LogP contribution in [-0.2, 0) is 6.61 Å². The van der Waals surface area contributed by atoms with Gasteiger partial charge in [0.2, 0.25) is 5.88 Å². The SMILES string of the molecule is Cc1nonc1COc1ccccc1C(=O)N1CCC[C@@H](c2nccnc2Oc2ccccc2)C1. The van der Waals surface area contributed by atoms with E-state index in [1.165, 1.54) is 0 Å². The molecule has 0 aliphatic carbocycles. The Morgan fingerprint density at radius 2 is 1.86 bits per heavy atom. The van der Waals surface area contributed by atoms with Crippen molar-refractivity contribution in [1.82, 2.24) is 25.2 Å². The predicted octanol–water partition coefficient (Wildman–Crippen LogP) is 4.56. The summed E-state index contributed by atoms with van der Waals surface area (Å²) in [5.41, 5.74) is 2.51. The molecule has 35 heavy (non-hydrogen) atoms. The number of aromatic nitrogens is 4.